The van der Waals surface area contributed by atoms with Crippen LogP contribution >= 0.6 is 24.8 Å². The number of amides is 1. The Morgan fingerprint density at radius 3 is 2.60 bits per heavy atom. The van der Waals surface area contributed by atoms with Crippen LogP contribution in [0, 0.1) is 0 Å². The van der Waals surface area contributed by atoms with Gasteiger partial charge in [-0.05, 0) is 26.4 Å². The molecule has 1 aliphatic heterocycles. The summed E-state index contributed by atoms with van der Waals surface area (Å²) in [5, 5.41) is 6.18. The van der Waals surface area contributed by atoms with E-state index in [1.165, 1.54) is 0 Å². The summed E-state index contributed by atoms with van der Waals surface area (Å²) < 4.78 is 5.46. The van der Waals surface area contributed by atoms with E-state index in [0.29, 0.717) is 13.2 Å². The lowest BCUT2D eigenvalue weighted by Crippen LogP contribution is -2.56. The first kappa shape index (κ1) is 22.2. The third-order valence-electron chi connectivity index (χ3n) is 3.31. The lowest BCUT2D eigenvalue weighted by molar-refractivity contribution is -0.128. The molecule has 0 radical (unpaired) electrons. The molecule has 122 valence electrons. The third-order valence-corrected chi connectivity index (χ3v) is 3.31. The maximum absolute atomic E-state index is 12.0. The fourth-order valence-corrected chi connectivity index (χ4v) is 2.22. The molecule has 2 N–H and O–H groups in total. The van der Waals surface area contributed by atoms with E-state index in [4.69, 9.17) is 4.74 Å². The SMILES string of the molecule is CCCN(CC)CCNC(=O)[C@H]1NCCO[C@@H]1C.Cl.Cl. The van der Waals surface area contributed by atoms with Crippen LogP contribution < -0.4 is 10.6 Å². The minimum atomic E-state index is -0.208. The van der Waals surface area contributed by atoms with Crippen molar-refractivity contribution < 1.29 is 9.53 Å². The van der Waals surface area contributed by atoms with E-state index in [9.17, 15) is 4.79 Å². The minimum absolute atomic E-state index is 0. The molecule has 0 aliphatic carbocycles. The maximum atomic E-state index is 12.0. The van der Waals surface area contributed by atoms with Gasteiger partial charge in [-0.1, -0.05) is 13.8 Å². The first-order valence-electron chi connectivity index (χ1n) is 7.04. The summed E-state index contributed by atoms with van der Waals surface area (Å²) >= 11 is 0. The third kappa shape index (κ3) is 7.64. The van der Waals surface area contributed by atoms with Crippen molar-refractivity contribution in [3.63, 3.8) is 0 Å². The molecule has 2 atom stereocenters. The average Bonchev–Trinajstić information content (AvgIpc) is 2.38. The summed E-state index contributed by atoms with van der Waals surface area (Å²) in [6.07, 6.45) is 1.10. The smallest absolute Gasteiger partial charge is 0.239 e. The first-order chi connectivity index (χ1) is 8.69. The molecule has 1 saturated heterocycles. The monoisotopic (exact) mass is 329 g/mol. The van der Waals surface area contributed by atoms with Crippen molar-refractivity contribution in [3.8, 4) is 0 Å². The van der Waals surface area contributed by atoms with Gasteiger partial charge in [-0.25, -0.2) is 0 Å². The quantitative estimate of drug-likeness (QED) is 0.733. The van der Waals surface area contributed by atoms with Gasteiger partial charge in [0.2, 0.25) is 5.91 Å². The standard InChI is InChI=1S/C13H27N3O2.2ClH/c1-4-8-16(5-2)9-6-15-13(17)12-11(3)18-10-7-14-12;;/h11-12,14H,4-10H2,1-3H3,(H,15,17);2*1H/t11-,12+;;/m1../s1. The Morgan fingerprint density at radius 1 is 1.35 bits per heavy atom. The lowest BCUT2D eigenvalue weighted by Gasteiger charge is -2.29. The Kier molecular flexibility index (Phi) is 14.1. The largest absolute Gasteiger partial charge is 0.375 e. The first-order valence-corrected chi connectivity index (χ1v) is 7.04. The van der Waals surface area contributed by atoms with Crippen LogP contribution in [0.25, 0.3) is 0 Å². The second-order valence-corrected chi connectivity index (χ2v) is 4.73. The average molecular weight is 330 g/mol. The van der Waals surface area contributed by atoms with Gasteiger partial charge in [-0.3, -0.25) is 4.79 Å². The molecular weight excluding hydrogens is 301 g/mol. The van der Waals surface area contributed by atoms with Crippen molar-refractivity contribution in [2.45, 2.75) is 39.3 Å². The van der Waals surface area contributed by atoms with Gasteiger partial charge in [0.15, 0.2) is 0 Å². The maximum Gasteiger partial charge on any atom is 0.239 e. The van der Waals surface area contributed by atoms with Crippen molar-refractivity contribution in [2.24, 2.45) is 0 Å². The van der Waals surface area contributed by atoms with Gasteiger partial charge in [0.25, 0.3) is 0 Å². The molecule has 20 heavy (non-hydrogen) atoms. The number of ether oxygens (including phenoxy) is 1. The molecule has 0 aromatic rings. The van der Waals surface area contributed by atoms with Gasteiger partial charge in [0, 0.05) is 19.6 Å². The molecule has 1 amide bonds. The molecule has 0 aromatic carbocycles. The van der Waals surface area contributed by atoms with E-state index < -0.39 is 0 Å². The highest BCUT2D eigenvalue weighted by Gasteiger charge is 2.27. The van der Waals surface area contributed by atoms with Gasteiger partial charge in [0.05, 0.1) is 12.7 Å². The summed E-state index contributed by atoms with van der Waals surface area (Å²) in [5.74, 6) is 0.0507. The van der Waals surface area contributed by atoms with Crippen LogP contribution in [0.5, 0.6) is 0 Å². The molecule has 1 fully saturated rings. The number of likely N-dealkylation sites (N-methyl/N-ethyl adjacent to an activating group) is 1. The van der Waals surface area contributed by atoms with Crippen LogP contribution in [0.3, 0.4) is 0 Å². The van der Waals surface area contributed by atoms with Gasteiger partial charge in [0.1, 0.15) is 6.04 Å². The van der Waals surface area contributed by atoms with E-state index in [-0.39, 0.29) is 42.9 Å². The number of rotatable bonds is 7. The molecule has 5 nitrogen and oxygen atoms in total. The van der Waals surface area contributed by atoms with Crippen LogP contribution in [-0.2, 0) is 9.53 Å². The van der Waals surface area contributed by atoms with Crippen LogP contribution in [0.2, 0.25) is 0 Å². The Hall–Kier alpha value is -0.0700. The summed E-state index contributed by atoms with van der Waals surface area (Å²) in [6.45, 7) is 11.4. The molecule has 1 rings (SSSR count). The zero-order chi connectivity index (χ0) is 13.4. The van der Waals surface area contributed by atoms with E-state index in [2.05, 4.69) is 29.4 Å². The molecule has 1 heterocycles. The zero-order valence-corrected chi connectivity index (χ0v) is 14.3. The van der Waals surface area contributed by atoms with Crippen molar-refractivity contribution in [1.82, 2.24) is 15.5 Å². The van der Waals surface area contributed by atoms with E-state index in [0.717, 1.165) is 32.6 Å². The number of hydrogen-bond acceptors (Lipinski definition) is 4. The van der Waals surface area contributed by atoms with Crippen molar-refractivity contribution in [1.29, 1.82) is 0 Å². The highest BCUT2D eigenvalue weighted by Crippen LogP contribution is 2.03. The predicted octanol–water partition coefficient (Wildman–Crippen LogP) is 1.05. The second-order valence-electron chi connectivity index (χ2n) is 4.73. The highest BCUT2D eigenvalue weighted by molar-refractivity contribution is 5.85. The topological polar surface area (TPSA) is 53.6 Å². The summed E-state index contributed by atoms with van der Waals surface area (Å²) in [4.78, 5) is 14.3. The molecule has 0 unspecified atom stereocenters. The predicted molar refractivity (Wildman–Crippen MR) is 87.1 cm³/mol. The Bertz CT molecular complexity index is 258. The minimum Gasteiger partial charge on any atom is -0.375 e. The van der Waals surface area contributed by atoms with E-state index >= 15 is 0 Å². The summed E-state index contributed by atoms with van der Waals surface area (Å²) in [7, 11) is 0. The fraction of sp³-hybridized carbons (Fsp3) is 0.923. The molecule has 0 saturated carbocycles. The number of carbonyl (C=O) groups is 1. The number of hydrogen-bond donors (Lipinski definition) is 2. The Labute approximate surface area is 135 Å². The summed E-state index contributed by atoms with van der Waals surface area (Å²) in [6, 6.07) is -0.208. The molecule has 0 aromatic heterocycles. The van der Waals surface area contributed by atoms with Crippen molar-refractivity contribution >= 4 is 30.7 Å². The molecule has 0 bridgehead atoms. The van der Waals surface area contributed by atoms with E-state index in [1.54, 1.807) is 0 Å². The van der Waals surface area contributed by atoms with Crippen LogP contribution in [0.1, 0.15) is 27.2 Å². The highest BCUT2D eigenvalue weighted by atomic mass is 35.5. The van der Waals surface area contributed by atoms with Gasteiger partial charge in [-0.2, -0.15) is 0 Å². The van der Waals surface area contributed by atoms with Gasteiger partial charge >= 0.3 is 0 Å². The normalized spacial score (nSPS) is 21.8. The Balaban J connectivity index is 0. The number of carbonyl (C=O) groups excluding carboxylic acids is 1. The van der Waals surface area contributed by atoms with Crippen LogP contribution in [-0.4, -0.2) is 62.3 Å². The Morgan fingerprint density at radius 2 is 2.05 bits per heavy atom. The molecule has 1 aliphatic rings. The number of halogens is 2. The van der Waals surface area contributed by atoms with Gasteiger partial charge in [-0.15, -0.1) is 24.8 Å². The van der Waals surface area contributed by atoms with Crippen molar-refractivity contribution in [2.75, 3.05) is 39.3 Å². The molecule has 0 spiro atoms. The van der Waals surface area contributed by atoms with E-state index in [1.807, 2.05) is 6.92 Å². The van der Waals surface area contributed by atoms with Crippen LogP contribution in [0.4, 0.5) is 0 Å². The zero-order valence-electron chi connectivity index (χ0n) is 12.7. The molecular formula is C13H29Cl2N3O2. The number of nitrogens with zero attached hydrogens (tertiary/aromatic N) is 1. The second kappa shape index (κ2) is 12.7. The fourth-order valence-electron chi connectivity index (χ4n) is 2.22. The lowest BCUT2D eigenvalue weighted by atomic mass is 10.1. The van der Waals surface area contributed by atoms with Crippen molar-refractivity contribution in [3.05, 3.63) is 0 Å². The van der Waals surface area contributed by atoms with Crippen LogP contribution in [0.15, 0.2) is 0 Å². The number of morpholine rings is 1. The summed E-state index contributed by atoms with van der Waals surface area (Å²) in [5.41, 5.74) is 0. The van der Waals surface area contributed by atoms with Gasteiger partial charge < -0.3 is 20.3 Å². The number of nitrogens with one attached hydrogen (secondary N) is 2. The molecule has 7 heteroatoms.